The zero-order valence-electron chi connectivity index (χ0n) is 10.0. The Balaban J connectivity index is 2.00. The van der Waals surface area contributed by atoms with Crippen LogP contribution in [0.2, 0.25) is 0 Å². The van der Waals surface area contributed by atoms with E-state index in [4.69, 9.17) is 11.5 Å². The summed E-state index contributed by atoms with van der Waals surface area (Å²) in [7, 11) is 0. The van der Waals surface area contributed by atoms with E-state index in [-0.39, 0.29) is 17.3 Å². The maximum atomic E-state index is 5.69. The van der Waals surface area contributed by atoms with E-state index in [1.807, 2.05) is 0 Å². The standard InChI is InChI=1S/C12H19N5/c13-10-15-9(16-11(14)17-10)12-5-1-3-8(7-12)4-2-6-12/h8H,1-7H2,(H4,13,14,15,16,17). The molecule has 92 valence electrons. The van der Waals surface area contributed by atoms with Gasteiger partial charge in [0, 0.05) is 5.41 Å². The van der Waals surface area contributed by atoms with Gasteiger partial charge in [0.1, 0.15) is 5.82 Å². The van der Waals surface area contributed by atoms with Crippen LogP contribution in [0.25, 0.3) is 0 Å². The lowest BCUT2D eigenvalue weighted by Gasteiger charge is -2.44. The molecule has 3 rings (SSSR count). The second-order valence-corrected chi connectivity index (χ2v) is 5.51. The van der Waals surface area contributed by atoms with Gasteiger partial charge in [0.25, 0.3) is 0 Å². The van der Waals surface area contributed by atoms with E-state index in [2.05, 4.69) is 15.0 Å². The average molecular weight is 233 g/mol. The molecule has 1 heterocycles. The first kappa shape index (κ1) is 10.7. The van der Waals surface area contributed by atoms with Crippen LogP contribution in [0.3, 0.4) is 0 Å². The lowest BCUT2D eigenvalue weighted by atomic mass is 9.61. The molecule has 4 N–H and O–H groups in total. The van der Waals surface area contributed by atoms with Crippen molar-refractivity contribution in [3.8, 4) is 0 Å². The van der Waals surface area contributed by atoms with Crippen LogP contribution in [0.5, 0.6) is 0 Å². The van der Waals surface area contributed by atoms with Crippen molar-refractivity contribution in [2.45, 2.75) is 50.4 Å². The van der Waals surface area contributed by atoms with Gasteiger partial charge in [-0.3, -0.25) is 0 Å². The van der Waals surface area contributed by atoms with Crippen molar-refractivity contribution < 1.29 is 0 Å². The third-order valence-corrected chi connectivity index (χ3v) is 4.36. The summed E-state index contributed by atoms with van der Waals surface area (Å²) in [5.74, 6) is 2.20. The van der Waals surface area contributed by atoms with Crippen molar-refractivity contribution in [1.29, 1.82) is 0 Å². The fourth-order valence-electron chi connectivity index (χ4n) is 3.65. The highest BCUT2D eigenvalue weighted by atomic mass is 15.1. The quantitative estimate of drug-likeness (QED) is 0.769. The number of nitrogens with two attached hydrogens (primary N) is 2. The first-order valence-electron chi connectivity index (χ1n) is 6.45. The topological polar surface area (TPSA) is 90.7 Å². The van der Waals surface area contributed by atoms with Gasteiger partial charge in [0.15, 0.2) is 0 Å². The summed E-state index contributed by atoms with van der Waals surface area (Å²) >= 11 is 0. The van der Waals surface area contributed by atoms with E-state index in [9.17, 15) is 0 Å². The van der Waals surface area contributed by atoms with E-state index >= 15 is 0 Å². The molecule has 2 bridgehead atoms. The highest BCUT2D eigenvalue weighted by molar-refractivity contribution is 5.29. The Morgan fingerprint density at radius 2 is 1.53 bits per heavy atom. The number of nitrogen functional groups attached to an aromatic ring is 2. The van der Waals surface area contributed by atoms with Crippen molar-refractivity contribution in [1.82, 2.24) is 15.0 Å². The molecule has 2 saturated carbocycles. The largest absolute Gasteiger partial charge is 0.368 e. The molecular weight excluding hydrogens is 214 g/mol. The monoisotopic (exact) mass is 233 g/mol. The molecule has 0 saturated heterocycles. The van der Waals surface area contributed by atoms with Crippen LogP contribution >= 0.6 is 0 Å². The number of nitrogens with zero attached hydrogens (tertiary/aromatic N) is 3. The molecule has 17 heavy (non-hydrogen) atoms. The summed E-state index contributed by atoms with van der Waals surface area (Å²) in [5.41, 5.74) is 11.5. The number of hydrogen-bond acceptors (Lipinski definition) is 5. The van der Waals surface area contributed by atoms with Gasteiger partial charge >= 0.3 is 0 Å². The normalized spacial score (nSPS) is 32.4. The molecule has 5 heteroatoms. The summed E-state index contributed by atoms with van der Waals surface area (Å²) < 4.78 is 0. The molecule has 2 aliphatic rings. The smallest absolute Gasteiger partial charge is 0.225 e. The van der Waals surface area contributed by atoms with Crippen molar-refractivity contribution in [3.05, 3.63) is 5.82 Å². The van der Waals surface area contributed by atoms with Crippen molar-refractivity contribution in [2.75, 3.05) is 11.5 Å². The number of aromatic nitrogens is 3. The first-order chi connectivity index (χ1) is 8.18. The average Bonchev–Trinajstić information content (AvgIpc) is 2.28. The Labute approximate surface area is 101 Å². The Morgan fingerprint density at radius 1 is 0.941 bits per heavy atom. The molecular formula is C12H19N5. The molecule has 2 fully saturated rings. The molecule has 0 atom stereocenters. The molecule has 0 unspecified atom stereocenters. The third-order valence-electron chi connectivity index (χ3n) is 4.36. The molecule has 2 aliphatic carbocycles. The van der Waals surface area contributed by atoms with E-state index < -0.39 is 0 Å². The Bertz CT molecular complexity index is 401. The summed E-state index contributed by atoms with van der Waals surface area (Å²) in [5, 5.41) is 0. The fraction of sp³-hybridized carbons (Fsp3) is 0.750. The van der Waals surface area contributed by atoms with Crippen molar-refractivity contribution in [3.63, 3.8) is 0 Å². The maximum absolute atomic E-state index is 5.69. The van der Waals surface area contributed by atoms with Crippen LogP contribution in [-0.2, 0) is 5.41 Å². The fourth-order valence-corrected chi connectivity index (χ4v) is 3.65. The molecule has 0 aromatic carbocycles. The predicted molar refractivity (Wildman–Crippen MR) is 66.1 cm³/mol. The Hall–Kier alpha value is -1.39. The molecule has 1 aromatic rings. The number of hydrogen-bond donors (Lipinski definition) is 2. The van der Waals surface area contributed by atoms with E-state index in [1.165, 1.54) is 44.9 Å². The van der Waals surface area contributed by atoms with Crippen LogP contribution in [0.4, 0.5) is 11.9 Å². The summed E-state index contributed by atoms with van der Waals surface area (Å²) in [4.78, 5) is 12.6. The number of fused-ring (bicyclic) bond motifs is 2. The van der Waals surface area contributed by atoms with Gasteiger partial charge in [-0.1, -0.05) is 25.7 Å². The SMILES string of the molecule is Nc1nc(N)nc(C23CCCC(CCC2)C3)n1. The van der Waals surface area contributed by atoms with Crippen molar-refractivity contribution in [2.24, 2.45) is 5.92 Å². The highest BCUT2D eigenvalue weighted by Crippen LogP contribution is 2.49. The summed E-state index contributed by atoms with van der Waals surface area (Å²) in [6.07, 6.45) is 8.82. The lowest BCUT2D eigenvalue weighted by molar-refractivity contribution is 0.141. The molecule has 0 radical (unpaired) electrons. The lowest BCUT2D eigenvalue weighted by Crippen LogP contribution is -2.38. The van der Waals surface area contributed by atoms with Gasteiger partial charge in [-0.15, -0.1) is 0 Å². The van der Waals surface area contributed by atoms with Gasteiger partial charge < -0.3 is 11.5 Å². The molecule has 5 nitrogen and oxygen atoms in total. The minimum atomic E-state index is 0.131. The van der Waals surface area contributed by atoms with Gasteiger partial charge in [-0.2, -0.15) is 15.0 Å². The maximum Gasteiger partial charge on any atom is 0.225 e. The number of anilines is 2. The minimum absolute atomic E-state index is 0.131. The molecule has 0 spiro atoms. The van der Waals surface area contributed by atoms with Gasteiger partial charge in [0.05, 0.1) is 0 Å². The Morgan fingerprint density at radius 3 is 2.12 bits per heavy atom. The second-order valence-electron chi connectivity index (χ2n) is 5.51. The van der Waals surface area contributed by atoms with Crippen molar-refractivity contribution >= 4 is 11.9 Å². The summed E-state index contributed by atoms with van der Waals surface area (Å²) in [6, 6.07) is 0. The van der Waals surface area contributed by atoms with E-state index in [0.29, 0.717) is 0 Å². The van der Waals surface area contributed by atoms with E-state index in [1.54, 1.807) is 0 Å². The first-order valence-corrected chi connectivity index (χ1v) is 6.45. The van der Waals surface area contributed by atoms with Crippen LogP contribution in [0, 0.1) is 5.92 Å². The van der Waals surface area contributed by atoms with Gasteiger partial charge in [0.2, 0.25) is 11.9 Å². The molecule has 1 aromatic heterocycles. The number of rotatable bonds is 1. The predicted octanol–water partition coefficient (Wildman–Crippen LogP) is 1.65. The van der Waals surface area contributed by atoms with Gasteiger partial charge in [-0.25, -0.2) is 0 Å². The minimum Gasteiger partial charge on any atom is -0.368 e. The third kappa shape index (κ3) is 1.83. The Kier molecular flexibility index (Phi) is 2.42. The molecule has 0 amide bonds. The van der Waals surface area contributed by atoms with E-state index in [0.717, 1.165) is 11.7 Å². The molecule has 0 aliphatic heterocycles. The zero-order valence-corrected chi connectivity index (χ0v) is 10.0. The highest BCUT2D eigenvalue weighted by Gasteiger charge is 2.42. The second kappa shape index (κ2) is 3.82. The summed E-state index contributed by atoms with van der Waals surface area (Å²) in [6.45, 7) is 0. The van der Waals surface area contributed by atoms with Crippen LogP contribution < -0.4 is 11.5 Å². The van der Waals surface area contributed by atoms with Crippen LogP contribution in [0.15, 0.2) is 0 Å². The zero-order chi connectivity index (χ0) is 11.9. The van der Waals surface area contributed by atoms with Crippen LogP contribution in [0.1, 0.15) is 50.8 Å². The van der Waals surface area contributed by atoms with Crippen LogP contribution in [-0.4, -0.2) is 15.0 Å². The van der Waals surface area contributed by atoms with Gasteiger partial charge in [-0.05, 0) is 25.2 Å².